The van der Waals surface area contributed by atoms with E-state index in [0.29, 0.717) is 10.8 Å². The van der Waals surface area contributed by atoms with E-state index in [0.717, 1.165) is 44.8 Å². The first-order chi connectivity index (χ1) is 11.7. The van der Waals surface area contributed by atoms with Gasteiger partial charge in [-0.1, -0.05) is 23.7 Å². The van der Waals surface area contributed by atoms with Gasteiger partial charge in [-0.3, -0.25) is 14.6 Å². The number of amides is 1. The van der Waals surface area contributed by atoms with E-state index < -0.39 is 0 Å². The zero-order valence-corrected chi connectivity index (χ0v) is 14.1. The van der Waals surface area contributed by atoms with Crippen molar-refractivity contribution in [3.8, 4) is 5.69 Å². The molecule has 5 rings (SSSR count). The number of rotatable bonds is 3. The zero-order valence-electron chi connectivity index (χ0n) is 13.4. The maximum absolute atomic E-state index is 12.7. The molecule has 3 aliphatic rings. The van der Waals surface area contributed by atoms with Crippen LogP contribution in [0.25, 0.3) is 5.69 Å². The second-order valence-electron chi connectivity index (χ2n) is 6.29. The third-order valence-electron chi connectivity index (χ3n) is 4.74. The standard InChI is InChI=1S/C17H20ClN5O/c18-13-4-1-2-5-14(13)23-9-6-16(20-23)19-17(24)15-12-21-7-3-8-22(15)11-10-21/h1-2,4-6,9,15H,3,7-8,10-12H2,(H,19,20,24)/t15-/m1/s1. The van der Waals surface area contributed by atoms with Gasteiger partial charge in [0.2, 0.25) is 5.91 Å². The summed E-state index contributed by atoms with van der Waals surface area (Å²) in [4.78, 5) is 17.3. The van der Waals surface area contributed by atoms with E-state index in [1.807, 2.05) is 24.3 Å². The first kappa shape index (κ1) is 15.6. The van der Waals surface area contributed by atoms with Crippen molar-refractivity contribution in [2.75, 3.05) is 38.0 Å². The van der Waals surface area contributed by atoms with Gasteiger partial charge < -0.3 is 5.32 Å². The average molecular weight is 346 g/mol. The van der Waals surface area contributed by atoms with E-state index in [9.17, 15) is 4.79 Å². The Morgan fingerprint density at radius 2 is 2.04 bits per heavy atom. The SMILES string of the molecule is O=C(Nc1ccn(-c2ccccc2Cl)n1)[C@H]1CN2CCCN1CC2. The highest BCUT2D eigenvalue weighted by molar-refractivity contribution is 6.32. The molecule has 1 aromatic carbocycles. The Labute approximate surface area is 146 Å². The van der Waals surface area contributed by atoms with Crippen molar-refractivity contribution in [1.82, 2.24) is 19.6 Å². The third kappa shape index (κ3) is 3.05. The molecule has 0 radical (unpaired) electrons. The fourth-order valence-corrected chi connectivity index (χ4v) is 3.69. The quantitative estimate of drug-likeness (QED) is 0.922. The molecule has 3 atom stereocenters. The number of fused-ring (bicyclic) bond motifs is 4. The predicted octanol–water partition coefficient (Wildman–Crippen LogP) is 1.85. The number of piperazine rings is 1. The van der Waals surface area contributed by atoms with Crippen molar-refractivity contribution in [2.24, 2.45) is 0 Å². The maximum atomic E-state index is 12.7. The molecule has 126 valence electrons. The molecule has 24 heavy (non-hydrogen) atoms. The van der Waals surface area contributed by atoms with Gasteiger partial charge in [-0.2, -0.15) is 5.10 Å². The fourth-order valence-electron chi connectivity index (χ4n) is 3.47. The van der Waals surface area contributed by atoms with E-state index in [1.165, 1.54) is 0 Å². The maximum Gasteiger partial charge on any atom is 0.244 e. The number of aromatic nitrogens is 2. The van der Waals surface area contributed by atoms with Crippen LogP contribution in [0.2, 0.25) is 5.02 Å². The van der Waals surface area contributed by atoms with Gasteiger partial charge in [0.15, 0.2) is 5.82 Å². The molecule has 2 bridgehead atoms. The van der Waals surface area contributed by atoms with Crippen LogP contribution >= 0.6 is 11.6 Å². The van der Waals surface area contributed by atoms with E-state index in [-0.39, 0.29) is 11.9 Å². The number of halogens is 1. The summed E-state index contributed by atoms with van der Waals surface area (Å²) in [6, 6.07) is 9.21. The van der Waals surface area contributed by atoms with Crippen LogP contribution in [-0.2, 0) is 4.79 Å². The van der Waals surface area contributed by atoms with Crippen LogP contribution < -0.4 is 5.32 Å². The fraction of sp³-hybridized carbons (Fsp3) is 0.412. The highest BCUT2D eigenvalue weighted by Gasteiger charge is 2.34. The van der Waals surface area contributed by atoms with Crippen LogP contribution in [0.3, 0.4) is 0 Å². The molecule has 0 aliphatic carbocycles. The van der Waals surface area contributed by atoms with Gasteiger partial charge in [0.05, 0.1) is 10.7 Å². The Kier molecular flexibility index (Phi) is 4.26. The number of para-hydroxylation sites is 1. The molecule has 6 nitrogen and oxygen atoms in total. The summed E-state index contributed by atoms with van der Waals surface area (Å²) in [5.74, 6) is 0.572. The second kappa shape index (κ2) is 6.55. The number of benzene rings is 1. The Morgan fingerprint density at radius 3 is 2.92 bits per heavy atom. The molecular weight excluding hydrogens is 326 g/mol. The number of nitrogens with one attached hydrogen (secondary N) is 1. The molecule has 1 aromatic heterocycles. The van der Waals surface area contributed by atoms with Gasteiger partial charge in [-0.05, 0) is 25.1 Å². The zero-order chi connectivity index (χ0) is 16.5. The molecule has 1 N–H and O–H groups in total. The van der Waals surface area contributed by atoms with Gasteiger partial charge in [0.25, 0.3) is 0 Å². The topological polar surface area (TPSA) is 53.4 Å². The van der Waals surface area contributed by atoms with E-state index >= 15 is 0 Å². The second-order valence-corrected chi connectivity index (χ2v) is 6.70. The molecular formula is C17H20ClN5O. The minimum Gasteiger partial charge on any atom is -0.308 e. The van der Waals surface area contributed by atoms with Gasteiger partial charge in [-0.25, -0.2) is 4.68 Å². The van der Waals surface area contributed by atoms with Crippen molar-refractivity contribution in [2.45, 2.75) is 12.5 Å². The largest absolute Gasteiger partial charge is 0.308 e. The molecule has 3 fully saturated rings. The lowest BCUT2D eigenvalue weighted by Gasteiger charge is -2.36. The lowest BCUT2D eigenvalue weighted by atomic mass is 10.1. The van der Waals surface area contributed by atoms with Gasteiger partial charge in [0.1, 0.15) is 6.04 Å². The van der Waals surface area contributed by atoms with Crippen LogP contribution in [0.15, 0.2) is 36.5 Å². The molecule has 2 unspecified atom stereocenters. The number of nitrogens with zero attached hydrogens (tertiary/aromatic N) is 4. The van der Waals surface area contributed by atoms with Crippen LogP contribution in [-0.4, -0.2) is 64.3 Å². The smallest absolute Gasteiger partial charge is 0.244 e. The van der Waals surface area contributed by atoms with Crippen molar-refractivity contribution in [1.29, 1.82) is 0 Å². The Bertz CT molecular complexity index is 742. The predicted molar refractivity (Wildman–Crippen MR) is 93.6 cm³/mol. The van der Waals surface area contributed by atoms with Crippen LogP contribution in [0, 0.1) is 0 Å². The highest BCUT2D eigenvalue weighted by atomic mass is 35.5. The molecule has 2 aromatic rings. The van der Waals surface area contributed by atoms with Crippen LogP contribution in [0.1, 0.15) is 6.42 Å². The first-order valence-corrected chi connectivity index (χ1v) is 8.66. The Hall–Kier alpha value is -1.89. The summed E-state index contributed by atoms with van der Waals surface area (Å²) < 4.78 is 1.68. The molecule has 3 saturated heterocycles. The first-order valence-electron chi connectivity index (χ1n) is 8.28. The minimum atomic E-state index is -0.0910. The summed E-state index contributed by atoms with van der Waals surface area (Å²) in [6.45, 7) is 4.90. The molecule has 0 spiro atoms. The summed E-state index contributed by atoms with van der Waals surface area (Å²) >= 11 is 6.20. The van der Waals surface area contributed by atoms with Crippen molar-refractivity contribution in [3.05, 3.63) is 41.6 Å². The van der Waals surface area contributed by atoms with Crippen LogP contribution in [0.5, 0.6) is 0 Å². The third-order valence-corrected chi connectivity index (χ3v) is 5.06. The number of anilines is 1. The molecule has 7 heteroatoms. The summed E-state index contributed by atoms with van der Waals surface area (Å²) in [5, 5.41) is 8.00. The van der Waals surface area contributed by atoms with Gasteiger partial charge in [0, 0.05) is 38.4 Å². The normalized spacial score (nSPS) is 26.1. The monoisotopic (exact) mass is 345 g/mol. The van der Waals surface area contributed by atoms with E-state index in [4.69, 9.17) is 11.6 Å². The highest BCUT2D eigenvalue weighted by Crippen LogP contribution is 2.21. The average Bonchev–Trinajstić information content (AvgIpc) is 2.81. The number of hydrogen-bond donors (Lipinski definition) is 1. The summed E-state index contributed by atoms with van der Waals surface area (Å²) in [6.07, 6.45) is 2.94. The van der Waals surface area contributed by atoms with E-state index in [2.05, 4.69) is 20.2 Å². The van der Waals surface area contributed by atoms with Crippen molar-refractivity contribution >= 4 is 23.3 Å². The Morgan fingerprint density at radius 1 is 1.17 bits per heavy atom. The summed E-state index contributed by atoms with van der Waals surface area (Å²) in [7, 11) is 0. The lowest BCUT2D eigenvalue weighted by Crippen LogP contribution is -2.55. The van der Waals surface area contributed by atoms with Gasteiger partial charge >= 0.3 is 0 Å². The summed E-state index contributed by atoms with van der Waals surface area (Å²) in [5.41, 5.74) is 0.794. The number of hydrogen-bond acceptors (Lipinski definition) is 4. The van der Waals surface area contributed by atoms with Crippen molar-refractivity contribution < 1.29 is 4.79 Å². The lowest BCUT2D eigenvalue weighted by molar-refractivity contribution is -0.122. The molecule has 4 heterocycles. The number of carbonyl (C=O) groups excluding carboxylic acids is 1. The van der Waals surface area contributed by atoms with Crippen LogP contribution in [0.4, 0.5) is 5.82 Å². The van der Waals surface area contributed by atoms with Gasteiger partial charge in [-0.15, -0.1) is 0 Å². The molecule has 1 amide bonds. The molecule has 0 saturated carbocycles. The molecule has 3 aliphatic heterocycles. The Balaban J connectivity index is 1.48. The minimum absolute atomic E-state index is 0.0195. The van der Waals surface area contributed by atoms with Crippen molar-refractivity contribution in [3.63, 3.8) is 0 Å². The number of carbonyl (C=O) groups is 1. The van der Waals surface area contributed by atoms with E-state index in [1.54, 1.807) is 16.9 Å².